The Morgan fingerprint density at radius 3 is 2.95 bits per heavy atom. The van der Waals surface area contributed by atoms with E-state index in [4.69, 9.17) is 17.0 Å². The third-order valence-electron chi connectivity index (χ3n) is 3.28. The summed E-state index contributed by atoms with van der Waals surface area (Å²) in [7, 11) is 0. The van der Waals surface area contributed by atoms with Gasteiger partial charge in [-0.3, -0.25) is 0 Å². The molecule has 1 aromatic heterocycles. The average Bonchev–Trinajstić information content (AvgIpc) is 2.83. The summed E-state index contributed by atoms with van der Waals surface area (Å²) in [6.07, 6.45) is 6.00. The predicted molar refractivity (Wildman–Crippen MR) is 91.3 cm³/mol. The first kappa shape index (κ1) is 16.0. The van der Waals surface area contributed by atoms with Crippen molar-refractivity contribution < 1.29 is 9.53 Å². The Morgan fingerprint density at radius 1 is 1.48 bits per heavy atom. The van der Waals surface area contributed by atoms with Gasteiger partial charge < -0.3 is 15.4 Å². The molecule has 2 N–H and O–H groups in total. The maximum absolute atomic E-state index is 12.3. The van der Waals surface area contributed by atoms with Gasteiger partial charge in [0.1, 0.15) is 5.00 Å². The Bertz CT molecular complexity index is 552. The SMILES string of the molecule is C=CCNC(=S)Nc1sc2c(c1C(=O)OCC)CCCC2. The molecule has 0 atom stereocenters. The number of thiophene rings is 1. The fourth-order valence-corrected chi connectivity index (χ4v) is 3.92. The molecule has 0 unspecified atom stereocenters. The molecule has 0 saturated heterocycles. The minimum atomic E-state index is -0.258. The van der Waals surface area contributed by atoms with Crippen molar-refractivity contribution in [1.29, 1.82) is 0 Å². The fourth-order valence-electron chi connectivity index (χ4n) is 2.39. The van der Waals surface area contributed by atoms with Gasteiger partial charge in [-0.05, 0) is 50.4 Å². The van der Waals surface area contributed by atoms with Crippen molar-refractivity contribution in [2.75, 3.05) is 18.5 Å². The summed E-state index contributed by atoms with van der Waals surface area (Å²) in [6, 6.07) is 0. The molecule has 0 aliphatic heterocycles. The predicted octanol–water partition coefficient (Wildman–Crippen LogP) is 3.28. The number of ether oxygens (including phenoxy) is 1. The van der Waals surface area contributed by atoms with Gasteiger partial charge in [0.15, 0.2) is 5.11 Å². The molecule has 1 aliphatic carbocycles. The Hall–Kier alpha value is -1.40. The smallest absolute Gasteiger partial charge is 0.341 e. The average molecular weight is 324 g/mol. The molecule has 2 rings (SSSR count). The van der Waals surface area contributed by atoms with Gasteiger partial charge in [0.25, 0.3) is 0 Å². The summed E-state index contributed by atoms with van der Waals surface area (Å²) in [5.74, 6) is -0.258. The molecule has 0 amide bonds. The Kier molecular flexibility index (Phi) is 5.76. The van der Waals surface area contributed by atoms with E-state index in [-0.39, 0.29) is 5.97 Å². The number of nitrogens with one attached hydrogen (secondary N) is 2. The Labute approximate surface area is 134 Å². The van der Waals surface area contributed by atoms with Crippen LogP contribution in [-0.4, -0.2) is 24.2 Å². The van der Waals surface area contributed by atoms with Crippen molar-refractivity contribution in [3.8, 4) is 0 Å². The molecular formula is C15H20N2O2S2. The van der Waals surface area contributed by atoms with Gasteiger partial charge in [-0.25, -0.2) is 4.79 Å². The summed E-state index contributed by atoms with van der Waals surface area (Å²) < 4.78 is 5.20. The normalized spacial score (nSPS) is 13.2. The number of fused-ring (bicyclic) bond motifs is 1. The summed E-state index contributed by atoms with van der Waals surface area (Å²) in [4.78, 5) is 13.5. The summed E-state index contributed by atoms with van der Waals surface area (Å²) >= 11 is 6.85. The van der Waals surface area contributed by atoms with E-state index in [0.29, 0.717) is 23.8 Å². The first-order valence-corrected chi connectivity index (χ1v) is 8.37. The number of hydrogen-bond donors (Lipinski definition) is 2. The Balaban J connectivity index is 2.26. The molecular weight excluding hydrogens is 304 g/mol. The van der Waals surface area contributed by atoms with Crippen LogP contribution in [0.5, 0.6) is 0 Å². The zero-order valence-corrected chi connectivity index (χ0v) is 13.8. The van der Waals surface area contributed by atoms with Crippen molar-refractivity contribution in [2.24, 2.45) is 0 Å². The van der Waals surface area contributed by atoms with E-state index in [9.17, 15) is 4.79 Å². The van der Waals surface area contributed by atoms with Crippen LogP contribution in [0.15, 0.2) is 12.7 Å². The summed E-state index contributed by atoms with van der Waals surface area (Å²) in [5.41, 5.74) is 1.80. The van der Waals surface area contributed by atoms with E-state index in [2.05, 4.69) is 17.2 Å². The fraction of sp³-hybridized carbons (Fsp3) is 0.467. The van der Waals surface area contributed by atoms with Crippen LogP contribution in [0.1, 0.15) is 40.6 Å². The summed E-state index contributed by atoms with van der Waals surface area (Å²) in [5, 5.41) is 7.44. The second kappa shape index (κ2) is 7.56. The van der Waals surface area contributed by atoms with Crippen LogP contribution >= 0.6 is 23.6 Å². The van der Waals surface area contributed by atoms with Gasteiger partial charge in [0.2, 0.25) is 0 Å². The highest BCUT2D eigenvalue weighted by Crippen LogP contribution is 2.38. The van der Waals surface area contributed by atoms with Crippen LogP contribution < -0.4 is 10.6 Å². The number of carbonyl (C=O) groups is 1. The highest BCUT2D eigenvalue weighted by Gasteiger charge is 2.26. The van der Waals surface area contributed by atoms with Crippen molar-refractivity contribution in [1.82, 2.24) is 5.32 Å². The van der Waals surface area contributed by atoms with Gasteiger partial charge in [0.05, 0.1) is 12.2 Å². The number of esters is 1. The molecule has 1 heterocycles. The third-order valence-corrected chi connectivity index (χ3v) is 4.74. The van der Waals surface area contributed by atoms with Gasteiger partial charge in [-0.15, -0.1) is 17.9 Å². The molecule has 1 aromatic rings. The van der Waals surface area contributed by atoms with Crippen molar-refractivity contribution in [2.45, 2.75) is 32.6 Å². The number of aryl methyl sites for hydroxylation is 1. The maximum atomic E-state index is 12.3. The zero-order chi connectivity index (χ0) is 15.2. The molecule has 0 aromatic carbocycles. The lowest BCUT2D eigenvalue weighted by Crippen LogP contribution is -2.28. The lowest BCUT2D eigenvalue weighted by molar-refractivity contribution is 0.0526. The molecule has 0 bridgehead atoms. The van der Waals surface area contributed by atoms with E-state index in [1.807, 2.05) is 6.92 Å². The van der Waals surface area contributed by atoms with Gasteiger partial charge in [-0.2, -0.15) is 0 Å². The minimum absolute atomic E-state index is 0.258. The molecule has 0 saturated carbocycles. The van der Waals surface area contributed by atoms with Crippen molar-refractivity contribution >= 4 is 39.6 Å². The van der Waals surface area contributed by atoms with Crippen LogP contribution in [0.3, 0.4) is 0 Å². The van der Waals surface area contributed by atoms with Crippen LogP contribution in [0.4, 0.5) is 5.00 Å². The molecule has 0 fully saturated rings. The Morgan fingerprint density at radius 2 is 2.24 bits per heavy atom. The second-order valence-corrected chi connectivity index (χ2v) is 6.27. The first-order valence-electron chi connectivity index (χ1n) is 7.14. The van der Waals surface area contributed by atoms with E-state index >= 15 is 0 Å². The van der Waals surface area contributed by atoms with E-state index in [0.717, 1.165) is 29.8 Å². The van der Waals surface area contributed by atoms with Crippen molar-refractivity contribution in [3.05, 3.63) is 28.7 Å². The number of hydrogen-bond acceptors (Lipinski definition) is 4. The molecule has 21 heavy (non-hydrogen) atoms. The summed E-state index contributed by atoms with van der Waals surface area (Å²) in [6.45, 7) is 6.43. The maximum Gasteiger partial charge on any atom is 0.341 e. The van der Waals surface area contributed by atoms with E-state index in [1.165, 1.54) is 11.3 Å². The number of thiocarbonyl (C=S) groups is 1. The topological polar surface area (TPSA) is 50.4 Å². The molecule has 114 valence electrons. The highest BCUT2D eigenvalue weighted by atomic mass is 32.1. The van der Waals surface area contributed by atoms with E-state index in [1.54, 1.807) is 17.4 Å². The van der Waals surface area contributed by atoms with Crippen LogP contribution in [0.25, 0.3) is 0 Å². The van der Waals surface area contributed by atoms with Crippen LogP contribution in [0, 0.1) is 0 Å². The van der Waals surface area contributed by atoms with Gasteiger partial charge in [0, 0.05) is 11.4 Å². The van der Waals surface area contributed by atoms with Gasteiger partial charge >= 0.3 is 5.97 Å². The lowest BCUT2D eigenvalue weighted by Gasteiger charge is -2.12. The number of carbonyl (C=O) groups excluding carboxylic acids is 1. The monoisotopic (exact) mass is 324 g/mol. The largest absolute Gasteiger partial charge is 0.462 e. The van der Waals surface area contributed by atoms with Crippen LogP contribution in [0.2, 0.25) is 0 Å². The minimum Gasteiger partial charge on any atom is -0.462 e. The van der Waals surface area contributed by atoms with Crippen molar-refractivity contribution in [3.63, 3.8) is 0 Å². The zero-order valence-electron chi connectivity index (χ0n) is 12.2. The van der Waals surface area contributed by atoms with Gasteiger partial charge in [-0.1, -0.05) is 6.08 Å². The molecule has 1 aliphatic rings. The highest BCUT2D eigenvalue weighted by molar-refractivity contribution is 7.80. The lowest BCUT2D eigenvalue weighted by atomic mass is 9.95. The standard InChI is InChI=1S/C15H20N2O2S2/c1-3-9-16-15(20)17-13-12(14(18)19-4-2)10-7-5-6-8-11(10)21-13/h3H,1,4-9H2,2H3,(H2,16,17,20). The number of rotatable bonds is 5. The molecule has 0 radical (unpaired) electrons. The molecule has 6 heteroatoms. The molecule has 0 spiro atoms. The van der Waals surface area contributed by atoms with E-state index < -0.39 is 0 Å². The molecule has 4 nitrogen and oxygen atoms in total. The van der Waals surface area contributed by atoms with Crippen LogP contribution in [-0.2, 0) is 17.6 Å². The quantitative estimate of drug-likeness (QED) is 0.494. The second-order valence-electron chi connectivity index (χ2n) is 4.76. The number of anilines is 1. The first-order chi connectivity index (χ1) is 10.2. The third kappa shape index (κ3) is 3.83.